The van der Waals surface area contributed by atoms with Gasteiger partial charge in [-0.05, 0) is 41.3 Å². The number of hydrogen-bond acceptors (Lipinski definition) is 2. The molecular formula is C18H20O2. The normalized spacial score (nSPS) is 12.3. The summed E-state index contributed by atoms with van der Waals surface area (Å²) in [6, 6.07) is 16.2. The van der Waals surface area contributed by atoms with Crippen molar-refractivity contribution in [2.45, 2.75) is 12.8 Å². The number of methoxy groups -OCH3 is 2. The summed E-state index contributed by atoms with van der Waals surface area (Å²) in [6.07, 6.45) is 4.33. The van der Waals surface area contributed by atoms with E-state index in [0.717, 1.165) is 11.5 Å². The average Bonchev–Trinajstić information content (AvgIpc) is 2.53. The maximum Gasteiger partial charge on any atom is 0.118 e. The molecule has 0 spiro atoms. The molecule has 2 aromatic rings. The molecule has 20 heavy (non-hydrogen) atoms. The van der Waals surface area contributed by atoms with E-state index < -0.39 is 0 Å². The molecule has 2 aromatic carbocycles. The predicted molar refractivity (Wildman–Crippen MR) is 83.4 cm³/mol. The molecule has 0 N–H and O–H groups in total. The summed E-state index contributed by atoms with van der Waals surface area (Å²) in [5.41, 5.74) is 2.45. The molecule has 1 atom stereocenters. The zero-order valence-corrected chi connectivity index (χ0v) is 12.2. The van der Waals surface area contributed by atoms with Crippen molar-refractivity contribution in [1.29, 1.82) is 0 Å². The van der Waals surface area contributed by atoms with Crippen LogP contribution in [0.1, 0.15) is 24.0 Å². The molecule has 0 aliphatic carbocycles. The molecule has 0 fully saturated rings. The van der Waals surface area contributed by atoms with E-state index in [1.807, 2.05) is 24.3 Å². The maximum atomic E-state index is 5.17. The van der Waals surface area contributed by atoms with Crippen molar-refractivity contribution in [2.75, 3.05) is 14.2 Å². The molecule has 0 saturated heterocycles. The van der Waals surface area contributed by atoms with Gasteiger partial charge in [0.25, 0.3) is 0 Å². The van der Waals surface area contributed by atoms with Crippen LogP contribution in [-0.4, -0.2) is 14.2 Å². The molecule has 0 saturated carbocycles. The highest BCUT2D eigenvalue weighted by Gasteiger charge is 2.01. The lowest BCUT2D eigenvalue weighted by Crippen LogP contribution is -1.90. The van der Waals surface area contributed by atoms with Crippen LogP contribution in [0, 0.1) is 0 Å². The van der Waals surface area contributed by atoms with Gasteiger partial charge in [0.2, 0.25) is 0 Å². The minimum absolute atomic E-state index is 0.364. The Kier molecular flexibility index (Phi) is 4.83. The fraction of sp³-hybridized carbons (Fsp3) is 0.222. The van der Waals surface area contributed by atoms with Crippen molar-refractivity contribution in [3.63, 3.8) is 0 Å². The lowest BCUT2D eigenvalue weighted by molar-refractivity contribution is 0.414. The molecule has 0 aliphatic heterocycles. The van der Waals surface area contributed by atoms with E-state index in [1.54, 1.807) is 14.2 Å². The standard InChI is InChI=1S/C18H20O2/c1-14(16-8-12-18(20-3)13-9-16)4-5-15-6-10-17(19-2)11-7-15/h4-14H,1-3H3. The van der Waals surface area contributed by atoms with E-state index in [4.69, 9.17) is 9.47 Å². The van der Waals surface area contributed by atoms with Gasteiger partial charge in [-0.1, -0.05) is 43.3 Å². The van der Waals surface area contributed by atoms with Gasteiger partial charge in [0.05, 0.1) is 14.2 Å². The Morgan fingerprint density at radius 3 is 1.80 bits per heavy atom. The van der Waals surface area contributed by atoms with Gasteiger partial charge in [-0.3, -0.25) is 0 Å². The van der Waals surface area contributed by atoms with Gasteiger partial charge in [0.1, 0.15) is 11.5 Å². The van der Waals surface area contributed by atoms with E-state index in [9.17, 15) is 0 Å². The topological polar surface area (TPSA) is 18.5 Å². The Balaban J connectivity index is 2.04. The molecule has 2 nitrogen and oxygen atoms in total. The Hall–Kier alpha value is -2.22. The number of hydrogen-bond donors (Lipinski definition) is 0. The summed E-state index contributed by atoms with van der Waals surface area (Å²) < 4.78 is 10.3. The minimum Gasteiger partial charge on any atom is -0.497 e. The fourth-order valence-corrected chi connectivity index (χ4v) is 1.99. The number of benzene rings is 2. The fourth-order valence-electron chi connectivity index (χ4n) is 1.99. The second-order valence-corrected chi connectivity index (χ2v) is 4.69. The lowest BCUT2D eigenvalue weighted by atomic mass is 10.00. The van der Waals surface area contributed by atoms with Crippen LogP contribution in [0.15, 0.2) is 54.6 Å². The molecule has 2 heteroatoms. The zero-order valence-electron chi connectivity index (χ0n) is 12.2. The molecule has 0 heterocycles. The molecule has 0 radical (unpaired) electrons. The van der Waals surface area contributed by atoms with Gasteiger partial charge in [0.15, 0.2) is 0 Å². The van der Waals surface area contributed by atoms with Crippen LogP contribution in [0.25, 0.3) is 6.08 Å². The molecule has 2 rings (SSSR count). The Labute approximate surface area is 120 Å². The summed E-state index contributed by atoms with van der Waals surface area (Å²) >= 11 is 0. The summed E-state index contributed by atoms with van der Waals surface area (Å²) in [7, 11) is 3.36. The SMILES string of the molecule is COc1ccc(C=CC(C)c2ccc(OC)cc2)cc1. The largest absolute Gasteiger partial charge is 0.497 e. The van der Waals surface area contributed by atoms with Gasteiger partial charge >= 0.3 is 0 Å². The third-order valence-corrected chi connectivity index (χ3v) is 3.33. The third kappa shape index (κ3) is 3.64. The Bertz CT molecular complexity index is 553. The highest BCUT2D eigenvalue weighted by atomic mass is 16.5. The van der Waals surface area contributed by atoms with Gasteiger partial charge in [0, 0.05) is 0 Å². The Morgan fingerprint density at radius 2 is 1.30 bits per heavy atom. The molecular weight excluding hydrogens is 248 g/mol. The van der Waals surface area contributed by atoms with E-state index in [1.165, 1.54) is 11.1 Å². The van der Waals surface area contributed by atoms with Crippen molar-refractivity contribution in [3.05, 3.63) is 65.7 Å². The number of ether oxygens (including phenoxy) is 2. The van der Waals surface area contributed by atoms with Crippen LogP contribution < -0.4 is 9.47 Å². The van der Waals surface area contributed by atoms with Gasteiger partial charge in [-0.15, -0.1) is 0 Å². The quantitative estimate of drug-likeness (QED) is 0.793. The van der Waals surface area contributed by atoms with Crippen LogP contribution >= 0.6 is 0 Å². The maximum absolute atomic E-state index is 5.17. The molecule has 0 amide bonds. The first-order valence-electron chi connectivity index (χ1n) is 6.69. The van der Waals surface area contributed by atoms with Crippen molar-refractivity contribution in [2.24, 2.45) is 0 Å². The van der Waals surface area contributed by atoms with E-state index in [0.29, 0.717) is 5.92 Å². The minimum atomic E-state index is 0.364. The average molecular weight is 268 g/mol. The van der Waals surface area contributed by atoms with Crippen LogP contribution in [-0.2, 0) is 0 Å². The second kappa shape index (κ2) is 6.80. The van der Waals surface area contributed by atoms with Crippen molar-refractivity contribution < 1.29 is 9.47 Å². The van der Waals surface area contributed by atoms with Crippen molar-refractivity contribution in [3.8, 4) is 11.5 Å². The first-order valence-corrected chi connectivity index (χ1v) is 6.69. The Morgan fingerprint density at radius 1 is 0.800 bits per heavy atom. The lowest BCUT2D eigenvalue weighted by Gasteiger charge is -2.08. The predicted octanol–water partition coefficient (Wildman–Crippen LogP) is 4.52. The van der Waals surface area contributed by atoms with E-state index >= 15 is 0 Å². The van der Waals surface area contributed by atoms with Crippen LogP contribution in [0.2, 0.25) is 0 Å². The molecule has 0 aromatic heterocycles. The summed E-state index contributed by atoms with van der Waals surface area (Å²) in [5.74, 6) is 2.13. The summed E-state index contributed by atoms with van der Waals surface area (Å²) in [6.45, 7) is 2.18. The van der Waals surface area contributed by atoms with Crippen LogP contribution in [0.3, 0.4) is 0 Å². The van der Waals surface area contributed by atoms with Crippen molar-refractivity contribution in [1.82, 2.24) is 0 Å². The van der Waals surface area contributed by atoms with Crippen molar-refractivity contribution >= 4 is 6.08 Å². The first kappa shape index (κ1) is 14.2. The second-order valence-electron chi connectivity index (χ2n) is 4.69. The van der Waals surface area contributed by atoms with Crippen LogP contribution in [0.4, 0.5) is 0 Å². The summed E-state index contributed by atoms with van der Waals surface area (Å²) in [4.78, 5) is 0. The van der Waals surface area contributed by atoms with E-state index in [-0.39, 0.29) is 0 Å². The highest BCUT2D eigenvalue weighted by Crippen LogP contribution is 2.21. The first-order chi connectivity index (χ1) is 9.72. The summed E-state index contributed by atoms with van der Waals surface area (Å²) in [5, 5.41) is 0. The molecule has 0 bridgehead atoms. The monoisotopic (exact) mass is 268 g/mol. The highest BCUT2D eigenvalue weighted by molar-refractivity contribution is 5.52. The van der Waals surface area contributed by atoms with Gasteiger partial charge in [-0.25, -0.2) is 0 Å². The molecule has 0 aliphatic rings. The number of rotatable bonds is 5. The smallest absolute Gasteiger partial charge is 0.118 e. The zero-order chi connectivity index (χ0) is 14.4. The third-order valence-electron chi connectivity index (χ3n) is 3.33. The molecule has 1 unspecified atom stereocenters. The van der Waals surface area contributed by atoms with Crippen LogP contribution in [0.5, 0.6) is 11.5 Å². The van der Waals surface area contributed by atoms with Gasteiger partial charge < -0.3 is 9.47 Å². The van der Waals surface area contributed by atoms with E-state index in [2.05, 4.69) is 43.3 Å². The number of allylic oxidation sites excluding steroid dienone is 1. The van der Waals surface area contributed by atoms with Gasteiger partial charge in [-0.2, -0.15) is 0 Å². The molecule has 104 valence electrons.